The lowest BCUT2D eigenvalue weighted by atomic mass is 9.86. The first-order valence-electron chi connectivity index (χ1n) is 9.57. The van der Waals surface area contributed by atoms with Crippen LogP contribution in [0.3, 0.4) is 0 Å². The fourth-order valence-corrected chi connectivity index (χ4v) is 4.02. The van der Waals surface area contributed by atoms with Gasteiger partial charge in [0.05, 0.1) is 6.54 Å². The van der Waals surface area contributed by atoms with E-state index in [9.17, 15) is 4.79 Å². The summed E-state index contributed by atoms with van der Waals surface area (Å²) in [5.41, 5.74) is 2.94. The van der Waals surface area contributed by atoms with Crippen LogP contribution in [0.5, 0.6) is 0 Å². The summed E-state index contributed by atoms with van der Waals surface area (Å²) in [6.45, 7) is 10.3. The molecule has 0 saturated carbocycles. The lowest BCUT2D eigenvalue weighted by Gasteiger charge is -2.31. The van der Waals surface area contributed by atoms with Crippen LogP contribution in [0, 0.1) is 0 Å². The maximum atomic E-state index is 12.6. The molecule has 24 heavy (non-hydrogen) atoms. The van der Waals surface area contributed by atoms with Crippen LogP contribution in [0.2, 0.25) is 0 Å². The second-order valence-corrected chi connectivity index (χ2v) is 8.44. The Hall–Kier alpha value is -1.35. The highest BCUT2D eigenvalue weighted by molar-refractivity contribution is 5.78. The van der Waals surface area contributed by atoms with E-state index in [1.54, 1.807) is 0 Å². The Balaban J connectivity index is 1.65. The lowest BCUT2D eigenvalue weighted by molar-refractivity contribution is -0.133. The average molecular weight is 329 g/mol. The molecule has 0 radical (unpaired) electrons. The molecule has 2 fully saturated rings. The van der Waals surface area contributed by atoms with Gasteiger partial charge in [0.25, 0.3) is 0 Å². The van der Waals surface area contributed by atoms with Gasteiger partial charge >= 0.3 is 0 Å². The zero-order valence-corrected chi connectivity index (χ0v) is 15.6. The van der Waals surface area contributed by atoms with Gasteiger partial charge in [0.15, 0.2) is 0 Å². The molecular formula is C21H32N2O. The van der Waals surface area contributed by atoms with Gasteiger partial charge in [-0.05, 0) is 55.2 Å². The minimum absolute atomic E-state index is 0.193. The minimum atomic E-state index is 0.193. The summed E-state index contributed by atoms with van der Waals surface area (Å²) in [5, 5.41) is 0. The molecule has 0 N–H and O–H groups in total. The third kappa shape index (κ3) is 4.00. The Bertz CT molecular complexity index is 552. The Morgan fingerprint density at radius 3 is 2.29 bits per heavy atom. The topological polar surface area (TPSA) is 23.6 Å². The van der Waals surface area contributed by atoms with Crippen LogP contribution in [0.25, 0.3) is 0 Å². The highest BCUT2D eigenvalue weighted by Crippen LogP contribution is 2.33. The summed E-state index contributed by atoms with van der Waals surface area (Å²) in [6, 6.07) is 9.48. The molecule has 3 rings (SSSR count). The molecule has 0 spiro atoms. The first-order chi connectivity index (χ1) is 11.4. The number of hydrogen-bond donors (Lipinski definition) is 0. The van der Waals surface area contributed by atoms with E-state index in [-0.39, 0.29) is 5.41 Å². The van der Waals surface area contributed by atoms with Crippen molar-refractivity contribution in [3.8, 4) is 0 Å². The summed E-state index contributed by atoms with van der Waals surface area (Å²) in [6.07, 6.45) is 5.98. The molecule has 1 aromatic carbocycles. The van der Waals surface area contributed by atoms with Crippen LogP contribution in [0.4, 0.5) is 0 Å². The zero-order valence-electron chi connectivity index (χ0n) is 15.6. The van der Waals surface area contributed by atoms with Crippen molar-refractivity contribution in [3.05, 3.63) is 35.4 Å². The van der Waals surface area contributed by atoms with Gasteiger partial charge in [0.2, 0.25) is 5.91 Å². The van der Waals surface area contributed by atoms with E-state index in [1.165, 1.54) is 43.2 Å². The van der Waals surface area contributed by atoms with Crippen LogP contribution in [-0.2, 0) is 10.2 Å². The van der Waals surface area contributed by atoms with Crippen molar-refractivity contribution < 1.29 is 4.79 Å². The Morgan fingerprint density at radius 2 is 1.67 bits per heavy atom. The number of rotatable bonds is 3. The zero-order chi connectivity index (χ0) is 17.2. The van der Waals surface area contributed by atoms with E-state index in [0.29, 0.717) is 18.5 Å². The molecule has 132 valence electrons. The van der Waals surface area contributed by atoms with Crippen LogP contribution in [0.1, 0.15) is 70.0 Å². The largest absolute Gasteiger partial charge is 0.342 e. The number of benzene rings is 1. The molecule has 2 aliphatic heterocycles. The Morgan fingerprint density at radius 1 is 1.00 bits per heavy atom. The van der Waals surface area contributed by atoms with Gasteiger partial charge in [-0.2, -0.15) is 0 Å². The summed E-state index contributed by atoms with van der Waals surface area (Å²) >= 11 is 0. The maximum absolute atomic E-state index is 12.6. The number of likely N-dealkylation sites (tertiary alicyclic amines) is 2. The lowest BCUT2D eigenvalue weighted by Crippen LogP contribution is -2.42. The summed E-state index contributed by atoms with van der Waals surface area (Å²) in [5.74, 6) is 0.327. The molecule has 2 saturated heterocycles. The molecular weight excluding hydrogens is 296 g/mol. The van der Waals surface area contributed by atoms with Crippen molar-refractivity contribution in [2.24, 2.45) is 0 Å². The number of carbonyl (C=O) groups excluding carboxylic acids is 1. The van der Waals surface area contributed by atoms with Crippen LogP contribution in [-0.4, -0.2) is 41.9 Å². The molecule has 0 aromatic heterocycles. The predicted octanol–water partition coefficient (Wildman–Crippen LogP) is 4.13. The third-order valence-corrected chi connectivity index (χ3v) is 5.57. The van der Waals surface area contributed by atoms with Crippen LogP contribution in [0.15, 0.2) is 24.3 Å². The quantitative estimate of drug-likeness (QED) is 0.833. The SMILES string of the molecule is CC(C)(C)c1ccc([C@H]2CCCN2CC(=O)N2CCCCC2)cc1. The van der Waals surface area contributed by atoms with E-state index >= 15 is 0 Å². The highest BCUT2D eigenvalue weighted by Gasteiger charge is 2.29. The monoisotopic (exact) mass is 328 g/mol. The van der Waals surface area contributed by atoms with Gasteiger partial charge in [0.1, 0.15) is 0 Å². The fraction of sp³-hybridized carbons (Fsp3) is 0.667. The molecule has 0 unspecified atom stereocenters. The number of amides is 1. The number of carbonyl (C=O) groups is 1. The van der Waals surface area contributed by atoms with Gasteiger partial charge in [-0.25, -0.2) is 0 Å². The second kappa shape index (κ2) is 7.26. The molecule has 2 aliphatic rings. The van der Waals surface area contributed by atoms with Gasteiger partial charge < -0.3 is 4.90 Å². The van der Waals surface area contributed by atoms with E-state index in [1.807, 2.05) is 0 Å². The first-order valence-corrected chi connectivity index (χ1v) is 9.57. The van der Waals surface area contributed by atoms with Crippen molar-refractivity contribution in [1.82, 2.24) is 9.80 Å². The third-order valence-electron chi connectivity index (χ3n) is 5.57. The normalized spacial score (nSPS) is 22.8. The maximum Gasteiger partial charge on any atom is 0.236 e. The summed E-state index contributed by atoms with van der Waals surface area (Å²) in [7, 11) is 0. The molecule has 2 heterocycles. The van der Waals surface area contributed by atoms with Crippen molar-refractivity contribution in [2.75, 3.05) is 26.2 Å². The van der Waals surface area contributed by atoms with Gasteiger partial charge in [-0.1, -0.05) is 45.0 Å². The number of hydrogen-bond acceptors (Lipinski definition) is 2. The molecule has 1 aromatic rings. The van der Waals surface area contributed by atoms with E-state index in [2.05, 4.69) is 54.8 Å². The van der Waals surface area contributed by atoms with Crippen LogP contribution < -0.4 is 0 Å². The van der Waals surface area contributed by atoms with Crippen molar-refractivity contribution in [3.63, 3.8) is 0 Å². The fourth-order valence-electron chi connectivity index (χ4n) is 4.02. The standard InChI is InChI=1S/C21H32N2O/c1-21(2,3)18-11-9-17(10-12-18)19-8-7-15-23(19)16-20(24)22-13-5-4-6-14-22/h9-12,19H,4-8,13-16H2,1-3H3/t19-/m1/s1. The van der Waals surface area contributed by atoms with Gasteiger partial charge in [0, 0.05) is 19.1 Å². The van der Waals surface area contributed by atoms with E-state index in [0.717, 1.165) is 19.6 Å². The number of nitrogens with zero attached hydrogens (tertiary/aromatic N) is 2. The molecule has 0 aliphatic carbocycles. The average Bonchev–Trinajstić information content (AvgIpc) is 3.03. The predicted molar refractivity (Wildman–Crippen MR) is 99.1 cm³/mol. The molecule has 1 atom stereocenters. The first kappa shape index (κ1) is 17.5. The Labute approximate surface area is 147 Å². The van der Waals surface area contributed by atoms with Crippen molar-refractivity contribution in [2.45, 2.75) is 64.3 Å². The van der Waals surface area contributed by atoms with Gasteiger partial charge in [-0.15, -0.1) is 0 Å². The summed E-state index contributed by atoms with van der Waals surface area (Å²) < 4.78 is 0. The van der Waals surface area contributed by atoms with Crippen molar-refractivity contribution in [1.29, 1.82) is 0 Å². The Kier molecular flexibility index (Phi) is 5.29. The van der Waals surface area contributed by atoms with E-state index < -0.39 is 0 Å². The van der Waals surface area contributed by atoms with Crippen molar-refractivity contribution >= 4 is 5.91 Å². The second-order valence-electron chi connectivity index (χ2n) is 8.44. The molecule has 3 heteroatoms. The minimum Gasteiger partial charge on any atom is -0.342 e. The molecule has 0 bridgehead atoms. The molecule has 1 amide bonds. The smallest absolute Gasteiger partial charge is 0.236 e. The van der Waals surface area contributed by atoms with E-state index in [4.69, 9.17) is 0 Å². The van der Waals surface area contributed by atoms with Gasteiger partial charge in [-0.3, -0.25) is 9.69 Å². The van der Waals surface area contributed by atoms with Crippen LogP contribution >= 0.6 is 0 Å². The molecule has 3 nitrogen and oxygen atoms in total. The highest BCUT2D eigenvalue weighted by atomic mass is 16.2. The number of piperidine rings is 1. The summed E-state index contributed by atoms with van der Waals surface area (Å²) in [4.78, 5) is 17.1.